The molecule has 0 spiro atoms. The van der Waals surface area contributed by atoms with E-state index in [2.05, 4.69) is 5.32 Å². The fourth-order valence-electron chi connectivity index (χ4n) is 3.02. The number of benzene rings is 2. The molecule has 1 atom stereocenters. The second-order valence-electron chi connectivity index (χ2n) is 6.07. The van der Waals surface area contributed by atoms with E-state index in [-0.39, 0.29) is 17.6 Å². The van der Waals surface area contributed by atoms with Crippen molar-refractivity contribution < 1.29 is 18.3 Å². The highest BCUT2D eigenvalue weighted by Gasteiger charge is 2.26. The molecular formula is C20H17FN2O3. The van der Waals surface area contributed by atoms with Crippen molar-refractivity contribution in [3.63, 3.8) is 0 Å². The number of halogens is 1. The number of para-hydroxylation sites is 2. The molecule has 1 amide bonds. The molecule has 132 valence electrons. The number of carbonyl (C=O) groups excluding carboxylic acids is 1. The van der Waals surface area contributed by atoms with E-state index in [1.165, 1.54) is 12.1 Å². The molecular weight excluding hydrogens is 335 g/mol. The summed E-state index contributed by atoms with van der Waals surface area (Å²) in [6.45, 7) is 0.433. The molecule has 6 heteroatoms. The molecule has 4 rings (SSSR count). The van der Waals surface area contributed by atoms with Crippen LogP contribution in [0, 0.1) is 5.82 Å². The maximum atomic E-state index is 13.7. The predicted octanol–water partition coefficient (Wildman–Crippen LogP) is 3.60. The lowest BCUT2D eigenvalue weighted by molar-refractivity contribution is 0.0997. The van der Waals surface area contributed by atoms with Gasteiger partial charge in [0.15, 0.2) is 5.76 Å². The molecule has 0 saturated heterocycles. The van der Waals surface area contributed by atoms with Crippen molar-refractivity contribution in [2.75, 3.05) is 11.9 Å². The van der Waals surface area contributed by atoms with Crippen molar-refractivity contribution >= 4 is 11.6 Å². The molecule has 1 aliphatic heterocycles. The Hall–Kier alpha value is -3.12. The van der Waals surface area contributed by atoms with Gasteiger partial charge < -0.3 is 20.2 Å². The number of carbonyl (C=O) groups is 1. The SMILES string of the molecule is NC[C@@H]1Cc2cccc(-c3ccc(C(=O)Nc4ccccc4F)o3)c2O1. The molecule has 1 aliphatic rings. The molecule has 1 aromatic heterocycles. The zero-order chi connectivity index (χ0) is 18.1. The van der Waals surface area contributed by atoms with E-state index in [1.54, 1.807) is 24.3 Å². The lowest BCUT2D eigenvalue weighted by atomic mass is 10.1. The summed E-state index contributed by atoms with van der Waals surface area (Å²) >= 11 is 0. The molecule has 0 fully saturated rings. The largest absolute Gasteiger partial charge is 0.488 e. The highest BCUT2D eigenvalue weighted by Crippen LogP contribution is 2.39. The quantitative estimate of drug-likeness (QED) is 0.752. The highest BCUT2D eigenvalue weighted by atomic mass is 19.1. The lowest BCUT2D eigenvalue weighted by Crippen LogP contribution is -2.24. The number of amides is 1. The standard InChI is InChI=1S/C20H17FN2O3/c21-15-6-1-2-7-16(15)23-20(24)18-9-8-17(26-18)14-5-3-4-12-10-13(11-22)25-19(12)14/h1-9,13H,10-11,22H2,(H,23,24)/t13-/m0/s1. The van der Waals surface area contributed by atoms with Crippen LogP contribution in [0.3, 0.4) is 0 Å². The van der Waals surface area contributed by atoms with Crippen LogP contribution < -0.4 is 15.8 Å². The van der Waals surface area contributed by atoms with Crippen LogP contribution in [0.15, 0.2) is 59.0 Å². The molecule has 3 N–H and O–H groups in total. The summed E-state index contributed by atoms with van der Waals surface area (Å²) in [5, 5.41) is 2.50. The van der Waals surface area contributed by atoms with Crippen LogP contribution in [-0.4, -0.2) is 18.6 Å². The summed E-state index contributed by atoms with van der Waals surface area (Å²) in [5.74, 6) is 0.315. The first kappa shape index (κ1) is 16.4. The highest BCUT2D eigenvalue weighted by molar-refractivity contribution is 6.02. The van der Waals surface area contributed by atoms with Gasteiger partial charge in [0.05, 0.1) is 11.3 Å². The number of anilines is 1. The summed E-state index contributed by atoms with van der Waals surface area (Å²) in [6.07, 6.45) is 0.700. The van der Waals surface area contributed by atoms with Gasteiger partial charge in [-0.25, -0.2) is 4.39 Å². The average Bonchev–Trinajstić information content (AvgIpc) is 3.30. The minimum Gasteiger partial charge on any atom is -0.488 e. The van der Waals surface area contributed by atoms with Gasteiger partial charge in [0, 0.05) is 13.0 Å². The summed E-state index contributed by atoms with van der Waals surface area (Å²) in [5.41, 5.74) is 7.63. The van der Waals surface area contributed by atoms with E-state index >= 15 is 0 Å². The predicted molar refractivity (Wildman–Crippen MR) is 95.7 cm³/mol. The van der Waals surface area contributed by atoms with Gasteiger partial charge in [-0.1, -0.05) is 24.3 Å². The van der Waals surface area contributed by atoms with Crippen molar-refractivity contribution in [2.24, 2.45) is 5.73 Å². The number of ether oxygens (including phenoxy) is 1. The first-order valence-electron chi connectivity index (χ1n) is 8.30. The Morgan fingerprint density at radius 2 is 2.00 bits per heavy atom. The molecule has 3 aromatic rings. The normalized spacial score (nSPS) is 15.4. The monoisotopic (exact) mass is 352 g/mol. The third kappa shape index (κ3) is 2.95. The zero-order valence-corrected chi connectivity index (χ0v) is 13.9. The molecule has 2 heterocycles. The third-order valence-electron chi connectivity index (χ3n) is 4.31. The van der Waals surface area contributed by atoms with Crippen LogP contribution in [0.25, 0.3) is 11.3 Å². The number of fused-ring (bicyclic) bond motifs is 1. The van der Waals surface area contributed by atoms with Crippen molar-refractivity contribution in [3.8, 4) is 17.1 Å². The fourth-order valence-corrected chi connectivity index (χ4v) is 3.02. The molecule has 0 aliphatic carbocycles. The number of rotatable bonds is 4. The number of hydrogen-bond acceptors (Lipinski definition) is 4. The van der Waals surface area contributed by atoms with Crippen LogP contribution >= 0.6 is 0 Å². The van der Waals surface area contributed by atoms with Gasteiger partial charge in [-0.05, 0) is 35.9 Å². The van der Waals surface area contributed by atoms with Gasteiger partial charge in [-0.3, -0.25) is 4.79 Å². The van der Waals surface area contributed by atoms with E-state index in [1.807, 2.05) is 18.2 Å². The van der Waals surface area contributed by atoms with Crippen LogP contribution in [0.1, 0.15) is 16.1 Å². The molecule has 2 aromatic carbocycles. The molecule has 26 heavy (non-hydrogen) atoms. The average molecular weight is 352 g/mol. The Bertz CT molecular complexity index is 967. The number of hydrogen-bond donors (Lipinski definition) is 2. The Balaban J connectivity index is 1.59. The van der Waals surface area contributed by atoms with Gasteiger partial charge in [0.1, 0.15) is 23.4 Å². The van der Waals surface area contributed by atoms with Gasteiger partial charge in [-0.2, -0.15) is 0 Å². The molecule has 0 saturated carbocycles. The topological polar surface area (TPSA) is 77.5 Å². The number of furan rings is 1. The lowest BCUT2D eigenvalue weighted by Gasteiger charge is -2.09. The molecule has 0 bridgehead atoms. The first-order chi connectivity index (χ1) is 12.7. The summed E-state index contributed by atoms with van der Waals surface area (Å²) in [4.78, 5) is 12.3. The van der Waals surface area contributed by atoms with Crippen LogP contribution in [0.2, 0.25) is 0 Å². The molecule has 5 nitrogen and oxygen atoms in total. The minimum absolute atomic E-state index is 0.0510. The Kier molecular flexibility index (Phi) is 4.18. The Labute approximate surface area is 149 Å². The first-order valence-corrected chi connectivity index (χ1v) is 8.30. The van der Waals surface area contributed by atoms with Crippen LogP contribution in [0.5, 0.6) is 5.75 Å². The maximum absolute atomic E-state index is 13.7. The smallest absolute Gasteiger partial charge is 0.291 e. The van der Waals surface area contributed by atoms with Gasteiger partial charge in [-0.15, -0.1) is 0 Å². The van der Waals surface area contributed by atoms with Crippen LogP contribution in [0.4, 0.5) is 10.1 Å². The summed E-state index contributed by atoms with van der Waals surface area (Å²) < 4.78 is 25.3. The number of nitrogens with two attached hydrogens (primary N) is 1. The van der Waals surface area contributed by atoms with Crippen molar-refractivity contribution in [1.82, 2.24) is 0 Å². The molecule has 0 radical (unpaired) electrons. The van der Waals surface area contributed by atoms with E-state index in [0.29, 0.717) is 12.3 Å². The maximum Gasteiger partial charge on any atom is 0.291 e. The van der Waals surface area contributed by atoms with E-state index in [4.69, 9.17) is 14.9 Å². The van der Waals surface area contributed by atoms with E-state index in [9.17, 15) is 9.18 Å². The third-order valence-corrected chi connectivity index (χ3v) is 4.31. The minimum atomic E-state index is -0.519. The Morgan fingerprint density at radius 1 is 1.15 bits per heavy atom. The van der Waals surface area contributed by atoms with Gasteiger partial charge in [0.25, 0.3) is 5.91 Å². The Morgan fingerprint density at radius 3 is 2.81 bits per heavy atom. The second-order valence-corrected chi connectivity index (χ2v) is 6.07. The van der Waals surface area contributed by atoms with E-state index in [0.717, 1.165) is 23.3 Å². The van der Waals surface area contributed by atoms with Crippen LogP contribution in [-0.2, 0) is 6.42 Å². The van der Waals surface area contributed by atoms with Crippen molar-refractivity contribution in [2.45, 2.75) is 12.5 Å². The van der Waals surface area contributed by atoms with Crippen molar-refractivity contribution in [3.05, 3.63) is 71.7 Å². The fraction of sp³-hybridized carbons (Fsp3) is 0.150. The molecule has 0 unspecified atom stereocenters. The van der Waals surface area contributed by atoms with Crippen molar-refractivity contribution in [1.29, 1.82) is 0 Å². The summed E-state index contributed by atoms with van der Waals surface area (Å²) in [6, 6.07) is 15.0. The number of nitrogens with one attached hydrogen (secondary N) is 1. The van der Waals surface area contributed by atoms with Gasteiger partial charge in [0.2, 0.25) is 0 Å². The van der Waals surface area contributed by atoms with E-state index < -0.39 is 11.7 Å². The second kappa shape index (κ2) is 6.65. The van der Waals surface area contributed by atoms with Gasteiger partial charge >= 0.3 is 0 Å². The summed E-state index contributed by atoms with van der Waals surface area (Å²) in [7, 11) is 0. The zero-order valence-electron chi connectivity index (χ0n) is 13.9.